The van der Waals surface area contributed by atoms with Crippen LogP contribution in [0, 0.1) is 0 Å². The summed E-state index contributed by atoms with van der Waals surface area (Å²) in [6.45, 7) is 0.448. The molecule has 1 saturated heterocycles. The summed E-state index contributed by atoms with van der Waals surface area (Å²) >= 11 is 0. The summed E-state index contributed by atoms with van der Waals surface area (Å²) in [5, 5.41) is 18.8. The molecule has 5 heteroatoms. The molecule has 1 aromatic carbocycles. The molecule has 0 aromatic heterocycles. The Labute approximate surface area is 106 Å². The molecule has 0 saturated carbocycles. The van der Waals surface area contributed by atoms with E-state index in [2.05, 4.69) is 0 Å². The monoisotopic (exact) mass is 250 g/mol. The van der Waals surface area contributed by atoms with E-state index in [9.17, 15) is 15.0 Å². The number of β-amino-alcohol motifs (C(OH)–C–C–N with tert-alkyl or cyclic N) is 2. The molecule has 1 fully saturated rings. The van der Waals surface area contributed by atoms with Crippen LogP contribution < -0.4 is 5.73 Å². The largest absolute Gasteiger partial charge is 0.399 e. The molecule has 0 bridgehead atoms. The highest BCUT2D eigenvalue weighted by molar-refractivity contribution is 5.77. The topological polar surface area (TPSA) is 86.8 Å². The Morgan fingerprint density at radius 3 is 2.33 bits per heavy atom. The molecule has 1 aromatic rings. The van der Waals surface area contributed by atoms with Gasteiger partial charge in [0.2, 0.25) is 5.91 Å². The number of aryl methyl sites for hydroxylation is 1. The van der Waals surface area contributed by atoms with E-state index >= 15 is 0 Å². The number of nitrogens with two attached hydrogens (primary N) is 1. The summed E-state index contributed by atoms with van der Waals surface area (Å²) in [5.41, 5.74) is 7.34. The van der Waals surface area contributed by atoms with Gasteiger partial charge in [0.1, 0.15) is 0 Å². The summed E-state index contributed by atoms with van der Waals surface area (Å²) in [4.78, 5) is 13.4. The number of nitrogens with zero attached hydrogens (tertiary/aromatic N) is 1. The fraction of sp³-hybridized carbons (Fsp3) is 0.462. The molecular formula is C13H18N2O3. The van der Waals surface area contributed by atoms with Gasteiger partial charge in [-0.2, -0.15) is 0 Å². The van der Waals surface area contributed by atoms with E-state index in [1.165, 1.54) is 4.90 Å². The predicted octanol–water partition coefficient (Wildman–Crippen LogP) is -0.235. The van der Waals surface area contributed by atoms with Crippen LogP contribution in [0.25, 0.3) is 0 Å². The first-order valence-corrected chi connectivity index (χ1v) is 6.04. The van der Waals surface area contributed by atoms with Gasteiger partial charge >= 0.3 is 0 Å². The van der Waals surface area contributed by atoms with Crippen molar-refractivity contribution in [1.82, 2.24) is 4.90 Å². The van der Waals surface area contributed by atoms with Gasteiger partial charge < -0.3 is 20.8 Å². The van der Waals surface area contributed by atoms with Gasteiger partial charge in [0, 0.05) is 25.2 Å². The number of amides is 1. The Balaban J connectivity index is 1.83. The van der Waals surface area contributed by atoms with Crippen LogP contribution in [0.15, 0.2) is 24.3 Å². The van der Waals surface area contributed by atoms with Crippen LogP contribution >= 0.6 is 0 Å². The molecule has 98 valence electrons. The lowest BCUT2D eigenvalue weighted by molar-refractivity contribution is -0.130. The smallest absolute Gasteiger partial charge is 0.223 e. The minimum absolute atomic E-state index is 0.0394. The molecule has 1 amide bonds. The Morgan fingerprint density at radius 2 is 1.78 bits per heavy atom. The zero-order chi connectivity index (χ0) is 13.1. The van der Waals surface area contributed by atoms with Crippen molar-refractivity contribution >= 4 is 11.6 Å². The Morgan fingerprint density at radius 1 is 1.22 bits per heavy atom. The third-order valence-electron chi connectivity index (χ3n) is 3.22. The molecule has 18 heavy (non-hydrogen) atoms. The number of aliphatic hydroxyl groups is 2. The molecule has 1 aliphatic heterocycles. The van der Waals surface area contributed by atoms with E-state index in [0.29, 0.717) is 18.5 Å². The average molecular weight is 250 g/mol. The number of rotatable bonds is 3. The summed E-state index contributed by atoms with van der Waals surface area (Å²) in [6.07, 6.45) is -0.610. The first-order chi connectivity index (χ1) is 8.56. The van der Waals surface area contributed by atoms with Crippen LogP contribution in [0.5, 0.6) is 0 Å². The molecule has 4 N–H and O–H groups in total. The molecule has 5 nitrogen and oxygen atoms in total. The zero-order valence-corrected chi connectivity index (χ0v) is 10.1. The number of benzene rings is 1. The van der Waals surface area contributed by atoms with Crippen LogP contribution in [0.4, 0.5) is 5.69 Å². The van der Waals surface area contributed by atoms with Crippen molar-refractivity contribution in [2.75, 3.05) is 18.8 Å². The van der Waals surface area contributed by atoms with Crippen molar-refractivity contribution in [3.05, 3.63) is 29.8 Å². The lowest BCUT2D eigenvalue weighted by Crippen LogP contribution is -2.29. The van der Waals surface area contributed by atoms with Crippen LogP contribution in [0.2, 0.25) is 0 Å². The van der Waals surface area contributed by atoms with Crippen molar-refractivity contribution in [2.45, 2.75) is 25.0 Å². The van der Waals surface area contributed by atoms with Gasteiger partial charge in [0.25, 0.3) is 0 Å². The van der Waals surface area contributed by atoms with Crippen LogP contribution in [0.3, 0.4) is 0 Å². The van der Waals surface area contributed by atoms with Crippen LogP contribution in [0.1, 0.15) is 12.0 Å². The van der Waals surface area contributed by atoms with Gasteiger partial charge in [-0.3, -0.25) is 4.79 Å². The highest BCUT2D eigenvalue weighted by Gasteiger charge is 2.31. The fourth-order valence-corrected chi connectivity index (χ4v) is 2.07. The van der Waals surface area contributed by atoms with Crippen LogP contribution in [-0.2, 0) is 11.2 Å². The first-order valence-electron chi connectivity index (χ1n) is 6.04. The van der Waals surface area contributed by atoms with E-state index < -0.39 is 12.2 Å². The second-order valence-corrected chi connectivity index (χ2v) is 4.67. The number of hydrogen-bond acceptors (Lipinski definition) is 4. The van der Waals surface area contributed by atoms with Crippen LogP contribution in [-0.4, -0.2) is 46.3 Å². The van der Waals surface area contributed by atoms with E-state index in [1.54, 1.807) is 0 Å². The third-order valence-corrected chi connectivity index (χ3v) is 3.22. The van der Waals surface area contributed by atoms with Crippen molar-refractivity contribution in [2.24, 2.45) is 0 Å². The summed E-state index contributed by atoms with van der Waals surface area (Å²) in [7, 11) is 0. The van der Waals surface area contributed by atoms with Gasteiger partial charge in [-0.25, -0.2) is 0 Å². The molecule has 0 aliphatic carbocycles. The second kappa shape index (κ2) is 5.37. The lowest BCUT2D eigenvalue weighted by Gasteiger charge is -2.15. The number of nitrogen functional groups attached to an aromatic ring is 1. The standard InChI is InChI=1S/C13H18N2O3/c14-10-4-1-9(2-5-10)3-6-13(18)15-7-11(16)12(17)8-15/h1-2,4-5,11-12,16-17H,3,6-8,14H2/t11-,12+. The molecule has 2 rings (SSSR count). The molecule has 1 heterocycles. The van der Waals surface area contributed by atoms with E-state index in [-0.39, 0.29) is 19.0 Å². The predicted molar refractivity (Wildman–Crippen MR) is 67.8 cm³/mol. The van der Waals surface area contributed by atoms with E-state index in [1.807, 2.05) is 24.3 Å². The zero-order valence-electron chi connectivity index (χ0n) is 10.1. The molecule has 1 aliphatic rings. The number of likely N-dealkylation sites (tertiary alicyclic amines) is 1. The summed E-state index contributed by atoms with van der Waals surface area (Å²) < 4.78 is 0. The number of hydrogen-bond donors (Lipinski definition) is 3. The van der Waals surface area contributed by atoms with Crippen molar-refractivity contribution < 1.29 is 15.0 Å². The quantitative estimate of drug-likeness (QED) is 0.646. The maximum absolute atomic E-state index is 11.9. The summed E-state index contributed by atoms with van der Waals surface area (Å²) in [6, 6.07) is 7.42. The van der Waals surface area contributed by atoms with Gasteiger partial charge in [0.15, 0.2) is 0 Å². The van der Waals surface area contributed by atoms with Crippen molar-refractivity contribution in [3.8, 4) is 0 Å². The third kappa shape index (κ3) is 3.00. The fourth-order valence-electron chi connectivity index (χ4n) is 2.07. The number of carbonyl (C=O) groups is 1. The van der Waals surface area contributed by atoms with E-state index in [0.717, 1.165) is 5.56 Å². The normalized spacial score (nSPS) is 23.3. The van der Waals surface area contributed by atoms with Gasteiger partial charge in [-0.15, -0.1) is 0 Å². The number of carbonyl (C=O) groups excluding carboxylic acids is 1. The SMILES string of the molecule is Nc1ccc(CCC(=O)N2C[C@@H](O)[C@@H](O)C2)cc1. The average Bonchev–Trinajstić information content (AvgIpc) is 2.69. The summed E-state index contributed by atoms with van der Waals surface area (Å²) in [5.74, 6) is -0.0394. The van der Waals surface area contributed by atoms with Gasteiger partial charge in [-0.1, -0.05) is 12.1 Å². The highest BCUT2D eigenvalue weighted by Crippen LogP contribution is 2.13. The maximum atomic E-state index is 11.9. The Kier molecular flexibility index (Phi) is 3.84. The number of anilines is 1. The lowest BCUT2D eigenvalue weighted by atomic mass is 10.1. The minimum Gasteiger partial charge on any atom is -0.399 e. The molecule has 2 atom stereocenters. The van der Waals surface area contributed by atoms with Crippen molar-refractivity contribution in [1.29, 1.82) is 0 Å². The van der Waals surface area contributed by atoms with Crippen molar-refractivity contribution in [3.63, 3.8) is 0 Å². The molecule has 0 unspecified atom stereocenters. The maximum Gasteiger partial charge on any atom is 0.223 e. The second-order valence-electron chi connectivity index (χ2n) is 4.67. The Hall–Kier alpha value is -1.59. The Bertz CT molecular complexity index is 409. The highest BCUT2D eigenvalue weighted by atomic mass is 16.3. The molecule has 0 spiro atoms. The van der Waals surface area contributed by atoms with Gasteiger partial charge in [0.05, 0.1) is 12.2 Å². The molecular weight excluding hydrogens is 232 g/mol. The number of aliphatic hydroxyl groups excluding tert-OH is 2. The molecule has 0 radical (unpaired) electrons. The van der Waals surface area contributed by atoms with Gasteiger partial charge in [-0.05, 0) is 24.1 Å². The first kappa shape index (κ1) is 12.9. The minimum atomic E-state index is -0.814. The van der Waals surface area contributed by atoms with E-state index in [4.69, 9.17) is 5.73 Å².